The van der Waals surface area contributed by atoms with Crippen molar-refractivity contribution in [2.45, 2.75) is 12.5 Å². The van der Waals surface area contributed by atoms with Crippen LogP contribution < -0.4 is 5.32 Å². The van der Waals surface area contributed by atoms with E-state index < -0.39 is 0 Å². The molecule has 0 spiro atoms. The summed E-state index contributed by atoms with van der Waals surface area (Å²) in [4.78, 5) is 16.6. The van der Waals surface area contributed by atoms with E-state index >= 15 is 0 Å². The van der Waals surface area contributed by atoms with Gasteiger partial charge in [-0.15, -0.1) is 12.4 Å². The number of carbonyl (C=O) groups is 1. The quantitative estimate of drug-likeness (QED) is 0.791. The summed E-state index contributed by atoms with van der Waals surface area (Å²) in [7, 11) is 1.94. The summed E-state index contributed by atoms with van der Waals surface area (Å²) < 4.78 is 0. The molecule has 0 radical (unpaired) electrons. The molecule has 1 atom stereocenters. The lowest BCUT2D eigenvalue weighted by atomic mass is 10.3. The van der Waals surface area contributed by atoms with Gasteiger partial charge in [-0.3, -0.25) is 4.79 Å². The van der Waals surface area contributed by atoms with Gasteiger partial charge in [0.1, 0.15) is 0 Å². The van der Waals surface area contributed by atoms with Gasteiger partial charge in [0.25, 0.3) is 5.91 Å². The molecule has 4 nitrogen and oxygen atoms in total. The Labute approximate surface area is 95.4 Å². The molecule has 15 heavy (non-hydrogen) atoms. The molecule has 1 unspecified atom stereocenters. The number of hydrogen-bond acceptors (Lipinski definition) is 2. The van der Waals surface area contributed by atoms with Crippen LogP contribution in [0.2, 0.25) is 0 Å². The van der Waals surface area contributed by atoms with Gasteiger partial charge < -0.3 is 15.2 Å². The van der Waals surface area contributed by atoms with Crippen LogP contribution >= 0.6 is 12.4 Å². The highest BCUT2D eigenvalue weighted by molar-refractivity contribution is 5.94. The van der Waals surface area contributed by atoms with E-state index in [1.165, 1.54) is 0 Å². The van der Waals surface area contributed by atoms with Crippen molar-refractivity contribution >= 4 is 18.3 Å². The summed E-state index contributed by atoms with van der Waals surface area (Å²) >= 11 is 0. The Bertz CT molecular complexity index is 312. The molecular formula is C10H16ClN3O. The summed E-state index contributed by atoms with van der Waals surface area (Å²) in [5.41, 5.74) is 0.752. The van der Waals surface area contributed by atoms with Crippen LogP contribution in [-0.2, 0) is 0 Å². The molecule has 0 bridgehead atoms. The van der Waals surface area contributed by atoms with Crippen molar-refractivity contribution in [1.82, 2.24) is 15.2 Å². The fourth-order valence-corrected chi connectivity index (χ4v) is 1.82. The average Bonchev–Trinajstić information content (AvgIpc) is 2.88. The molecule has 1 amide bonds. The van der Waals surface area contributed by atoms with E-state index in [1.807, 2.05) is 18.0 Å². The zero-order chi connectivity index (χ0) is 9.97. The van der Waals surface area contributed by atoms with E-state index in [9.17, 15) is 4.79 Å². The van der Waals surface area contributed by atoms with Crippen molar-refractivity contribution in [2.24, 2.45) is 0 Å². The number of hydrogen-bond donors (Lipinski definition) is 2. The van der Waals surface area contributed by atoms with E-state index in [4.69, 9.17) is 0 Å². The number of amides is 1. The number of nitrogens with one attached hydrogen (secondary N) is 2. The number of halogens is 1. The van der Waals surface area contributed by atoms with Gasteiger partial charge in [0.15, 0.2) is 0 Å². The third-order valence-corrected chi connectivity index (χ3v) is 2.73. The standard InChI is InChI=1S/C10H15N3O.ClH/c1-11-9-3-5-13(7-9)10(14)8-2-4-12-6-8;/h2,4,6,9,11-12H,3,5,7H2,1H3;1H. The lowest BCUT2D eigenvalue weighted by Gasteiger charge is -2.15. The van der Waals surface area contributed by atoms with Crippen molar-refractivity contribution in [3.8, 4) is 0 Å². The van der Waals surface area contributed by atoms with Crippen LogP contribution in [-0.4, -0.2) is 42.0 Å². The average molecular weight is 230 g/mol. The number of likely N-dealkylation sites (tertiary alicyclic amines) is 1. The van der Waals surface area contributed by atoms with Crippen molar-refractivity contribution < 1.29 is 4.79 Å². The van der Waals surface area contributed by atoms with Gasteiger partial charge in [-0.05, 0) is 19.5 Å². The number of rotatable bonds is 2. The molecule has 0 aromatic carbocycles. The predicted molar refractivity (Wildman–Crippen MR) is 61.4 cm³/mol. The van der Waals surface area contributed by atoms with Crippen LogP contribution in [0, 0.1) is 0 Å². The number of H-pyrrole nitrogens is 1. The largest absolute Gasteiger partial charge is 0.367 e. The first-order valence-electron chi connectivity index (χ1n) is 4.90. The molecular weight excluding hydrogens is 214 g/mol. The third kappa shape index (κ3) is 2.52. The fraction of sp³-hybridized carbons (Fsp3) is 0.500. The minimum Gasteiger partial charge on any atom is -0.367 e. The molecule has 1 aliphatic rings. The second-order valence-electron chi connectivity index (χ2n) is 3.63. The molecule has 2 rings (SSSR count). The van der Waals surface area contributed by atoms with Crippen molar-refractivity contribution in [3.63, 3.8) is 0 Å². The highest BCUT2D eigenvalue weighted by Crippen LogP contribution is 2.12. The SMILES string of the molecule is CNC1CCN(C(=O)c2cc[nH]c2)C1.Cl. The molecule has 1 fully saturated rings. The third-order valence-electron chi connectivity index (χ3n) is 2.73. The Kier molecular flexibility index (Phi) is 4.17. The lowest BCUT2D eigenvalue weighted by Crippen LogP contribution is -2.33. The van der Waals surface area contributed by atoms with Crippen LogP contribution in [0.5, 0.6) is 0 Å². The van der Waals surface area contributed by atoms with Gasteiger partial charge in [0.2, 0.25) is 0 Å². The highest BCUT2D eigenvalue weighted by Gasteiger charge is 2.25. The first-order valence-corrected chi connectivity index (χ1v) is 4.90. The summed E-state index contributed by atoms with van der Waals surface area (Å²) in [6.45, 7) is 1.68. The van der Waals surface area contributed by atoms with Gasteiger partial charge in [0, 0.05) is 31.5 Å². The Morgan fingerprint density at radius 1 is 1.67 bits per heavy atom. The maximum atomic E-state index is 11.8. The lowest BCUT2D eigenvalue weighted by molar-refractivity contribution is 0.0790. The van der Waals surface area contributed by atoms with Gasteiger partial charge in [-0.25, -0.2) is 0 Å². The van der Waals surface area contributed by atoms with Crippen LogP contribution in [0.1, 0.15) is 16.8 Å². The van der Waals surface area contributed by atoms with Crippen LogP contribution in [0.4, 0.5) is 0 Å². The Morgan fingerprint density at radius 2 is 2.47 bits per heavy atom. The number of carbonyl (C=O) groups excluding carboxylic acids is 1. The monoisotopic (exact) mass is 229 g/mol. The van der Waals surface area contributed by atoms with Gasteiger partial charge in [-0.2, -0.15) is 0 Å². The minimum atomic E-state index is 0. The Hall–Kier alpha value is -1.00. The first-order chi connectivity index (χ1) is 6.81. The molecule has 1 aromatic rings. The van der Waals surface area contributed by atoms with E-state index in [-0.39, 0.29) is 18.3 Å². The van der Waals surface area contributed by atoms with E-state index in [2.05, 4.69) is 10.3 Å². The molecule has 0 saturated carbocycles. The second kappa shape index (κ2) is 5.19. The molecule has 2 heterocycles. The van der Waals surface area contributed by atoms with Gasteiger partial charge in [0.05, 0.1) is 5.56 Å². The van der Waals surface area contributed by atoms with Crippen molar-refractivity contribution in [2.75, 3.05) is 20.1 Å². The Balaban J connectivity index is 0.00000112. The van der Waals surface area contributed by atoms with E-state index in [1.54, 1.807) is 12.4 Å². The molecule has 1 aromatic heterocycles. The van der Waals surface area contributed by atoms with Crippen LogP contribution in [0.15, 0.2) is 18.5 Å². The first kappa shape index (κ1) is 12.1. The highest BCUT2D eigenvalue weighted by atomic mass is 35.5. The summed E-state index contributed by atoms with van der Waals surface area (Å²) in [6, 6.07) is 2.27. The molecule has 0 aliphatic carbocycles. The van der Waals surface area contributed by atoms with Crippen molar-refractivity contribution in [3.05, 3.63) is 24.0 Å². The normalized spacial score (nSPS) is 20.1. The van der Waals surface area contributed by atoms with Crippen LogP contribution in [0.3, 0.4) is 0 Å². The zero-order valence-corrected chi connectivity index (χ0v) is 9.51. The number of aromatic nitrogens is 1. The molecule has 1 aliphatic heterocycles. The topological polar surface area (TPSA) is 48.1 Å². The van der Waals surface area contributed by atoms with Crippen LogP contribution in [0.25, 0.3) is 0 Å². The minimum absolute atomic E-state index is 0. The van der Waals surface area contributed by atoms with Gasteiger partial charge >= 0.3 is 0 Å². The Morgan fingerprint density at radius 3 is 3.00 bits per heavy atom. The number of aromatic amines is 1. The maximum absolute atomic E-state index is 11.8. The molecule has 1 saturated heterocycles. The van der Waals surface area contributed by atoms with E-state index in [0.29, 0.717) is 6.04 Å². The zero-order valence-electron chi connectivity index (χ0n) is 8.69. The molecule has 2 N–H and O–H groups in total. The smallest absolute Gasteiger partial charge is 0.255 e. The van der Waals surface area contributed by atoms with Crippen molar-refractivity contribution in [1.29, 1.82) is 0 Å². The maximum Gasteiger partial charge on any atom is 0.255 e. The summed E-state index contributed by atoms with van der Waals surface area (Å²) in [6.07, 6.45) is 4.57. The van der Waals surface area contributed by atoms with Gasteiger partial charge in [-0.1, -0.05) is 0 Å². The summed E-state index contributed by atoms with van der Waals surface area (Å²) in [5.74, 6) is 0.129. The summed E-state index contributed by atoms with van der Waals surface area (Å²) in [5, 5.41) is 3.19. The molecule has 5 heteroatoms. The second-order valence-corrected chi connectivity index (χ2v) is 3.63. The number of likely N-dealkylation sites (N-methyl/N-ethyl adjacent to an activating group) is 1. The molecule has 84 valence electrons. The van der Waals surface area contributed by atoms with E-state index in [0.717, 1.165) is 25.1 Å². The predicted octanol–water partition coefficient (Wildman–Crippen LogP) is 0.870. The fourth-order valence-electron chi connectivity index (χ4n) is 1.82. The number of nitrogens with zero attached hydrogens (tertiary/aromatic N) is 1.